The highest BCUT2D eigenvalue weighted by atomic mass is 16.3. The molecule has 0 aromatic carbocycles. The highest BCUT2D eigenvalue weighted by molar-refractivity contribution is 5.01. The molecule has 0 saturated heterocycles. The first-order valence-corrected chi connectivity index (χ1v) is 6.84. The Morgan fingerprint density at radius 3 is 2.20 bits per heavy atom. The third-order valence-electron chi connectivity index (χ3n) is 3.09. The fraction of sp³-hybridized carbons (Fsp3) is 0.375. The molecule has 1 atom stereocenters. The first-order valence-electron chi connectivity index (χ1n) is 6.84. The largest absolute Gasteiger partial charge is 0.468 e. The molecule has 0 spiro atoms. The van der Waals surface area contributed by atoms with Gasteiger partial charge in [-0.25, -0.2) is 0 Å². The second-order valence-corrected chi connectivity index (χ2v) is 4.85. The van der Waals surface area contributed by atoms with Crippen molar-refractivity contribution >= 4 is 0 Å². The summed E-state index contributed by atoms with van der Waals surface area (Å²) in [5.41, 5.74) is 0. The van der Waals surface area contributed by atoms with E-state index in [-0.39, 0.29) is 6.10 Å². The summed E-state index contributed by atoms with van der Waals surface area (Å²) in [5.74, 6) is 1.76. The number of hydrogen-bond donors (Lipinski definition) is 1. The molecule has 2 aromatic rings. The standard InChI is InChI=1S/C16H21NO3/c1-2-3-6-14(18)11-17(12-15-7-4-9-19-15)13-16-8-5-10-20-16/h2,4-5,7-10,14,18H,1,3,6,11-13H2. The lowest BCUT2D eigenvalue weighted by Crippen LogP contribution is -2.31. The van der Waals surface area contributed by atoms with Crippen LogP contribution in [0.15, 0.2) is 58.3 Å². The second-order valence-electron chi connectivity index (χ2n) is 4.85. The van der Waals surface area contributed by atoms with E-state index >= 15 is 0 Å². The number of hydrogen-bond acceptors (Lipinski definition) is 4. The molecule has 20 heavy (non-hydrogen) atoms. The molecule has 1 N–H and O–H groups in total. The number of furan rings is 2. The molecular weight excluding hydrogens is 254 g/mol. The lowest BCUT2D eigenvalue weighted by atomic mass is 10.2. The Morgan fingerprint density at radius 2 is 1.75 bits per heavy atom. The van der Waals surface area contributed by atoms with Crippen molar-refractivity contribution in [1.29, 1.82) is 0 Å². The average Bonchev–Trinajstić information content (AvgIpc) is 3.09. The minimum absolute atomic E-state index is 0.377. The summed E-state index contributed by atoms with van der Waals surface area (Å²) in [6.07, 6.45) is 6.31. The molecule has 0 radical (unpaired) electrons. The van der Waals surface area contributed by atoms with Gasteiger partial charge in [0, 0.05) is 6.54 Å². The molecule has 2 rings (SSSR count). The van der Waals surface area contributed by atoms with Crippen molar-refractivity contribution in [2.75, 3.05) is 6.54 Å². The van der Waals surface area contributed by atoms with Crippen LogP contribution in [0.3, 0.4) is 0 Å². The van der Waals surface area contributed by atoms with Gasteiger partial charge in [0.15, 0.2) is 0 Å². The molecule has 4 heteroatoms. The predicted molar refractivity (Wildman–Crippen MR) is 77.0 cm³/mol. The van der Waals surface area contributed by atoms with Crippen molar-refractivity contribution in [2.24, 2.45) is 0 Å². The fourth-order valence-corrected chi connectivity index (χ4v) is 2.13. The normalized spacial score (nSPS) is 12.7. The van der Waals surface area contributed by atoms with Crippen LogP contribution in [0.4, 0.5) is 0 Å². The quantitative estimate of drug-likeness (QED) is 0.714. The molecule has 2 aromatic heterocycles. The van der Waals surface area contributed by atoms with Crippen LogP contribution in [-0.2, 0) is 13.1 Å². The smallest absolute Gasteiger partial charge is 0.117 e. The molecule has 0 bridgehead atoms. The van der Waals surface area contributed by atoms with Gasteiger partial charge in [-0.2, -0.15) is 0 Å². The topological polar surface area (TPSA) is 49.8 Å². The van der Waals surface area contributed by atoms with Gasteiger partial charge in [-0.1, -0.05) is 6.08 Å². The molecule has 0 aliphatic carbocycles. The predicted octanol–water partition coefficient (Wildman–Crippen LogP) is 3.20. The van der Waals surface area contributed by atoms with E-state index in [1.54, 1.807) is 12.5 Å². The zero-order chi connectivity index (χ0) is 14.2. The molecule has 2 heterocycles. The Kier molecular flexibility index (Phi) is 5.65. The summed E-state index contributed by atoms with van der Waals surface area (Å²) in [4.78, 5) is 2.12. The van der Waals surface area contributed by atoms with E-state index in [1.165, 1.54) is 0 Å². The molecule has 0 aliphatic heterocycles. The van der Waals surface area contributed by atoms with Gasteiger partial charge in [0.2, 0.25) is 0 Å². The zero-order valence-electron chi connectivity index (χ0n) is 11.6. The lowest BCUT2D eigenvalue weighted by Gasteiger charge is -2.23. The Labute approximate surface area is 119 Å². The SMILES string of the molecule is C=CCCC(O)CN(Cc1ccco1)Cc1ccco1. The van der Waals surface area contributed by atoms with Crippen LogP contribution in [-0.4, -0.2) is 22.7 Å². The third-order valence-corrected chi connectivity index (χ3v) is 3.09. The van der Waals surface area contributed by atoms with Crippen molar-refractivity contribution in [3.05, 3.63) is 61.0 Å². The van der Waals surface area contributed by atoms with Gasteiger partial charge >= 0.3 is 0 Å². The van der Waals surface area contributed by atoms with Crippen LogP contribution in [0.5, 0.6) is 0 Å². The number of allylic oxidation sites excluding steroid dienone is 1. The fourth-order valence-electron chi connectivity index (χ4n) is 2.13. The van der Waals surface area contributed by atoms with E-state index in [0.717, 1.165) is 24.4 Å². The van der Waals surface area contributed by atoms with E-state index in [4.69, 9.17) is 8.83 Å². The zero-order valence-corrected chi connectivity index (χ0v) is 11.6. The first-order chi connectivity index (χ1) is 9.78. The Balaban J connectivity index is 1.93. The molecule has 0 amide bonds. The van der Waals surface area contributed by atoms with Crippen LogP contribution in [0.2, 0.25) is 0 Å². The Hall–Kier alpha value is -1.78. The minimum Gasteiger partial charge on any atom is -0.468 e. The van der Waals surface area contributed by atoms with Gasteiger partial charge in [0.1, 0.15) is 11.5 Å². The number of rotatable bonds is 9. The van der Waals surface area contributed by atoms with Crippen molar-refractivity contribution in [3.63, 3.8) is 0 Å². The maximum Gasteiger partial charge on any atom is 0.117 e. The maximum absolute atomic E-state index is 10.1. The van der Waals surface area contributed by atoms with Crippen molar-refractivity contribution in [3.8, 4) is 0 Å². The van der Waals surface area contributed by atoms with E-state index in [0.29, 0.717) is 19.6 Å². The summed E-state index contributed by atoms with van der Waals surface area (Å²) in [6, 6.07) is 7.61. The van der Waals surface area contributed by atoms with Crippen molar-refractivity contribution < 1.29 is 13.9 Å². The number of aliphatic hydroxyl groups excluding tert-OH is 1. The van der Waals surface area contributed by atoms with Crippen LogP contribution in [0.1, 0.15) is 24.4 Å². The second kappa shape index (κ2) is 7.72. The average molecular weight is 275 g/mol. The summed E-state index contributed by atoms with van der Waals surface area (Å²) >= 11 is 0. The molecule has 4 nitrogen and oxygen atoms in total. The molecular formula is C16H21NO3. The van der Waals surface area contributed by atoms with E-state index in [1.807, 2.05) is 30.3 Å². The van der Waals surface area contributed by atoms with Gasteiger partial charge < -0.3 is 13.9 Å². The van der Waals surface area contributed by atoms with Crippen LogP contribution in [0.25, 0.3) is 0 Å². The molecule has 1 unspecified atom stereocenters. The Bertz CT molecular complexity index is 440. The van der Waals surface area contributed by atoms with Crippen LogP contribution >= 0.6 is 0 Å². The van der Waals surface area contributed by atoms with Crippen molar-refractivity contribution in [1.82, 2.24) is 4.90 Å². The van der Waals surface area contributed by atoms with Gasteiger partial charge in [0.25, 0.3) is 0 Å². The maximum atomic E-state index is 10.1. The van der Waals surface area contributed by atoms with E-state index < -0.39 is 0 Å². The van der Waals surface area contributed by atoms with Crippen molar-refractivity contribution in [2.45, 2.75) is 32.0 Å². The van der Waals surface area contributed by atoms with Gasteiger partial charge in [0.05, 0.1) is 31.7 Å². The van der Waals surface area contributed by atoms with Crippen LogP contribution in [0, 0.1) is 0 Å². The Morgan fingerprint density at radius 1 is 1.15 bits per heavy atom. The molecule has 0 fully saturated rings. The third kappa shape index (κ3) is 4.72. The summed E-state index contributed by atoms with van der Waals surface area (Å²) < 4.78 is 10.8. The molecule has 108 valence electrons. The summed E-state index contributed by atoms with van der Waals surface area (Å²) in [6.45, 7) is 5.56. The minimum atomic E-state index is -0.377. The van der Waals surface area contributed by atoms with Gasteiger partial charge in [-0.3, -0.25) is 4.90 Å². The van der Waals surface area contributed by atoms with Gasteiger partial charge in [-0.05, 0) is 37.1 Å². The van der Waals surface area contributed by atoms with Gasteiger partial charge in [-0.15, -0.1) is 6.58 Å². The molecule has 0 saturated carbocycles. The summed E-state index contributed by atoms with van der Waals surface area (Å²) in [7, 11) is 0. The highest BCUT2D eigenvalue weighted by Crippen LogP contribution is 2.13. The summed E-state index contributed by atoms with van der Waals surface area (Å²) in [5, 5.41) is 10.1. The monoisotopic (exact) mass is 275 g/mol. The molecule has 0 aliphatic rings. The number of aliphatic hydroxyl groups is 1. The van der Waals surface area contributed by atoms with E-state index in [9.17, 15) is 5.11 Å². The van der Waals surface area contributed by atoms with Crippen LogP contribution < -0.4 is 0 Å². The van der Waals surface area contributed by atoms with E-state index in [2.05, 4.69) is 11.5 Å². The first kappa shape index (κ1) is 14.6. The highest BCUT2D eigenvalue weighted by Gasteiger charge is 2.14. The number of nitrogens with zero attached hydrogens (tertiary/aromatic N) is 1. The lowest BCUT2D eigenvalue weighted by molar-refractivity contribution is 0.0905.